The van der Waals surface area contributed by atoms with Gasteiger partial charge in [0.1, 0.15) is 11.9 Å². The van der Waals surface area contributed by atoms with E-state index in [0.29, 0.717) is 10.7 Å². The number of amides is 1. The van der Waals surface area contributed by atoms with Crippen molar-refractivity contribution in [2.75, 3.05) is 5.32 Å². The van der Waals surface area contributed by atoms with Crippen LogP contribution in [0.2, 0.25) is 5.02 Å². The third kappa shape index (κ3) is 4.81. The molecule has 0 radical (unpaired) electrons. The number of hydrogen-bond acceptors (Lipinski definition) is 4. The van der Waals surface area contributed by atoms with E-state index in [4.69, 9.17) is 16.3 Å². The molecule has 0 bridgehead atoms. The van der Waals surface area contributed by atoms with Crippen LogP contribution in [0.25, 0.3) is 21.6 Å². The van der Waals surface area contributed by atoms with Crippen molar-refractivity contribution in [2.24, 2.45) is 0 Å². The number of anilines is 1. The molecule has 1 aliphatic rings. The lowest BCUT2D eigenvalue weighted by Gasteiger charge is -2.15. The average molecular weight is 516 g/mol. The minimum atomic E-state index is -0.530. The average Bonchev–Trinajstić information content (AvgIpc) is 3.58. The molecule has 36 heavy (non-hydrogen) atoms. The summed E-state index contributed by atoms with van der Waals surface area (Å²) in [5, 5.41) is 5.38. The highest BCUT2D eigenvalue weighted by Crippen LogP contribution is 2.49. The molecule has 1 atom stereocenters. The minimum Gasteiger partial charge on any atom is -0.441 e. The molecule has 1 saturated carbocycles. The summed E-state index contributed by atoms with van der Waals surface area (Å²) in [4.78, 5) is 25.6. The van der Waals surface area contributed by atoms with Crippen LogP contribution in [0.3, 0.4) is 0 Å². The highest BCUT2D eigenvalue weighted by Gasteiger charge is 2.48. The van der Waals surface area contributed by atoms with Crippen molar-refractivity contribution in [3.05, 3.63) is 100 Å². The lowest BCUT2D eigenvalue weighted by atomic mass is 9.90. The van der Waals surface area contributed by atoms with Gasteiger partial charge in [-0.3, -0.25) is 10.1 Å². The zero-order valence-electron chi connectivity index (χ0n) is 20.1. The molecule has 1 aromatic heterocycles. The Morgan fingerprint density at radius 3 is 2.14 bits per heavy atom. The van der Waals surface area contributed by atoms with E-state index in [9.17, 15) is 9.59 Å². The zero-order chi connectivity index (χ0) is 25.3. The largest absolute Gasteiger partial charge is 0.441 e. The molecular formula is C30H26ClNO3S. The lowest BCUT2D eigenvalue weighted by molar-refractivity contribution is -0.119. The van der Waals surface area contributed by atoms with E-state index in [2.05, 4.69) is 53.8 Å². The molecule has 4 aromatic rings. The van der Waals surface area contributed by atoms with Gasteiger partial charge in [-0.2, -0.15) is 0 Å². The molecule has 1 aliphatic carbocycles. The van der Waals surface area contributed by atoms with Gasteiger partial charge < -0.3 is 4.74 Å². The number of carbonyl (C=O) groups excluding carboxylic acids is 2. The standard InChI is InChI=1S/C30H26ClNO3S/c1-19(25-5-3-4-6-26(25)31)35-29(34)32-27-15-18-36-28(27)23-9-7-21(8-10-23)22-11-13-24(14-12-22)30(16-17-30)20(2)33/h3-15,18-19H,16-17H2,1-2H3,(H,32,34). The SMILES string of the molecule is CC(=O)C1(c2ccc(-c3ccc(-c4sccc4NC(=O)OC(C)c4ccccc4Cl)cc3)cc2)CC1. The highest BCUT2D eigenvalue weighted by atomic mass is 35.5. The van der Waals surface area contributed by atoms with Crippen molar-refractivity contribution < 1.29 is 14.3 Å². The Kier molecular flexibility index (Phi) is 6.69. The topological polar surface area (TPSA) is 55.4 Å². The second-order valence-corrected chi connectivity index (χ2v) is 10.5. The number of benzene rings is 3. The fourth-order valence-corrected chi connectivity index (χ4v) is 5.71. The first kappa shape index (κ1) is 24.3. The molecule has 6 heteroatoms. The predicted molar refractivity (Wildman–Crippen MR) is 147 cm³/mol. The van der Waals surface area contributed by atoms with Crippen molar-refractivity contribution in [1.29, 1.82) is 0 Å². The number of nitrogens with one attached hydrogen (secondary N) is 1. The normalized spacial score (nSPS) is 14.6. The van der Waals surface area contributed by atoms with E-state index in [1.54, 1.807) is 31.3 Å². The number of Topliss-reactive ketones (excluding diaryl/α,β-unsaturated/α-hetero) is 1. The monoisotopic (exact) mass is 515 g/mol. The third-order valence-corrected chi connectivity index (χ3v) is 8.18. The summed E-state index contributed by atoms with van der Waals surface area (Å²) < 4.78 is 5.56. The van der Waals surface area contributed by atoms with Crippen molar-refractivity contribution >= 4 is 40.5 Å². The van der Waals surface area contributed by atoms with Crippen LogP contribution in [0.15, 0.2) is 84.2 Å². The Hall–Kier alpha value is -3.41. The number of ketones is 1. The maximum atomic E-state index is 12.6. The van der Waals surface area contributed by atoms with E-state index in [1.807, 2.05) is 29.6 Å². The van der Waals surface area contributed by atoms with Gasteiger partial charge in [0.15, 0.2) is 0 Å². The molecule has 1 fully saturated rings. The second kappa shape index (κ2) is 9.92. The summed E-state index contributed by atoms with van der Waals surface area (Å²) >= 11 is 7.78. The molecule has 1 N–H and O–H groups in total. The van der Waals surface area contributed by atoms with E-state index in [0.717, 1.165) is 45.5 Å². The van der Waals surface area contributed by atoms with Gasteiger partial charge in [-0.15, -0.1) is 11.3 Å². The van der Waals surface area contributed by atoms with Gasteiger partial charge >= 0.3 is 6.09 Å². The first-order valence-corrected chi connectivity index (χ1v) is 13.1. The van der Waals surface area contributed by atoms with Crippen molar-refractivity contribution in [1.82, 2.24) is 0 Å². The van der Waals surface area contributed by atoms with E-state index < -0.39 is 12.2 Å². The van der Waals surface area contributed by atoms with Crippen LogP contribution in [0.1, 0.15) is 43.9 Å². The number of carbonyl (C=O) groups is 2. The first-order chi connectivity index (χ1) is 17.4. The van der Waals surface area contributed by atoms with Gasteiger partial charge in [-0.1, -0.05) is 78.3 Å². The van der Waals surface area contributed by atoms with Gasteiger partial charge in [0.25, 0.3) is 0 Å². The van der Waals surface area contributed by atoms with Gasteiger partial charge in [0.2, 0.25) is 0 Å². The molecule has 182 valence electrons. The first-order valence-electron chi connectivity index (χ1n) is 11.9. The summed E-state index contributed by atoms with van der Waals surface area (Å²) in [5.41, 5.74) is 5.53. The van der Waals surface area contributed by atoms with Gasteiger partial charge in [-0.25, -0.2) is 4.79 Å². The molecule has 0 spiro atoms. The maximum Gasteiger partial charge on any atom is 0.412 e. The zero-order valence-corrected chi connectivity index (χ0v) is 21.7. The Morgan fingerprint density at radius 1 is 0.917 bits per heavy atom. The summed E-state index contributed by atoms with van der Waals surface area (Å²) in [6.07, 6.45) is 0.884. The van der Waals surface area contributed by atoms with Gasteiger partial charge in [-0.05, 0) is 66.5 Å². The third-order valence-electron chi connectivity index (χ3n) is 6.87. The van der Waals surface area contributed by atoms with Crippen LogP contribution in [-0.2, 0) is 14.9 Å². The number of hydrogen-bond donors (Lipinski definition) is 1. The number of thiophene rings is 1. The molecule has 4 nitrogen and oxygen atoms in total. The number of rotatable bonds is 7. The molecule has 5 rings (SSSR count). The van der Waals surface area contributed by atoms with E-state index in [1.165, 1.54) is 0 Å². The second-order valence-electron chi connectivity index (χ2n) is 9.15. The van der Waals surface area contributed by atoms with Gasteiger partial charge in [0.05, 0.1) is 16.0 Å². The summed E-state index contributed by atoms with van der Waals surface area (Å²) in [5.74, 6) is 0.252. The summed E-state index contributed by atoms with van der Waals surface area (Å²) in [6.45, 7) is 3.48. The fraction of sp³-hybridized carbons (Fsp3) is 0.200. The molecule has 1 amide bonds. The van der Waals surface area contributed by atoms with E-state index in [-0.39, 0.29) is 11.2 Å². The van der Waals surface area contributed by atoms with Crippen LogP contribution in [0.4, 0.5) is 10.5 Å². The van der Waals surface area contributed by atoms with Crippen molar-refractivity contribution in [3.8, 4) is 21.6 Å². The van der Waals surface area contributed by atoms with Crippen molar-refractivity contribution in [3.63, 3.8) is 0 Å². The van der Waals surface area contributed by atoms with Gasteiger partial charge in [0, 0.05) is 10.6 Å². The summed E-state index contributed by atoms with van der Waals surface area (Å²) in [6, 6.07) is 25.8. The number of halogens is 1. The quantitative estimate of drug-likeness (QED) is 0.268. The Labute approximate surface area is 219 Å². The van der Waals surface area contributed by atoms with Crippen LogP contribution >= 0.6 is 22.9 Å². The predicted octanol–water partition coefficient (Wildman–Crippen LogP) is 8.67. The van der Waals surface area contributed by atoms with Crippen LogP contribution in [0, 0.1) is 0 Å². The maximum absolute atomic E-state index is 12.6. The molecule has 0 saturated heterocycles. The molecule has 1 heterocycles. The van der Waals surface area contributed by atoms with Crippen LogP contribution in [0.5, 0.6) is 0 Å². The molecule has 3 aromatic carbocycles. The summed E-state index contributed by atoms with van der Waals surface area (Å²) in [7, 11) is 0. The smallest absolute Gasteiger partial charge is 0.412 e. The van der Waals surface area contributed by atoms with Crippen LogP contribution < -0.4 is 5.32 Å². The Balaban J connectivity index is 1.27. The van der Waals surface area contributed by atoms with Crippen molar-refractivity contribution in [2.45, 2.75) is 38.2 Å². The fourth-order valence-electron chi connectivity index (χ4n) is 4.56. The van der Waals surface area contributed by atoms with E-state index >= 15 is 0 Å². The molecular weight excluding hydrogens is 490 g/mol. The highest BCUT2D eigenvalue weighted by molar-refractivity contribution is 7.14. The number of ether oxygens (including phenoxy) is 1. The Bertz CT molecular complexity index is 1400. The molecule has 0 aliphatic heterocycles. The molecule has 1 unspecified atom stereocenters. The van der Waals surface area contributed by atoms with Crippen LogP contribution in [-0.4, -0.2) is 11.9 Å². The minimum absolute atomic E-state index is 0.252. The Morgan fingerprint density at radius 2 is 1.53 bits per heavy atom. The lowest BCUT2D eigenvalue weighted by Crippen LogP contribution is -2.16.